The predicted octanol–water partition coefficient (Wildman–Crippen LogP) is 4.36. The molecule has 3 N–H and O–H groups in total. The number of aromatic nitrogens is 2. The van der Waals surface area contributed by atoms with E-state index in [0.29, 0.717) is 42.1 Å². The van der Waals surface area contributed by atoms with Crippen LogP contribution in [0.2, 0.25) is 0 Å². The summed E-state index contributed by atoms with van der Waals surface area (Å²) in [7, 11) is 0. The second kappa shape index (κ2) is 9.12. The van der Waals surface area contributed by atoms with Crippen LogP contribution in [-0.2, 0) is 6.42 Å². The summed E-state index contributed by atoms with van der Waals surface area (Å²) in [5, 5.41) is 7.04. The standard InChI is InChI=1S/C21H24FN5O/c1-14(2)16-5-3-6-18(13-16)25-21(23)24-12-4-7-19-26-20(27-28-19)15-8-10-17(22)11-9-15/h3,5-6,8-11,13-14H,4,7,12H2,1-2H3,(H3,23,24,25). The molecule has 0 unspecified atom stereocenters. The predicted molar refractivity (Wildman–Crippen MR) is 109 cm³/mol. The van der Waals surface area contributed by atoms with E-state index in [4.69, 9.17) is 10.3 Å². The molecule has 1 heterocycles. The lowest BCUT2D eigenvalue weighted by Gasteiger charge is -2.09. The highest BCUT2D eigenvalue weighted by molar-refractivity contribution is 5.92. The number of rotatable bonds is 7. The minimum atomic E-state index is -0.299. The first kappa shape index (κ1) is 19.5. The van der Waals surface area contributed by atoms with E-state index in [1.807, 2.05) is 12.1 Å². The maximum atomic E-state index is 13.0. The second-order valence-corrected chi connectivity index (χ2v) is 6.79. The van der Waals surface area contributed by atoms with Gasteiger partial charge in [0.15, 0.2) is 5.96 Å². The summed E-state index contributed by atoms with van der Waals surface area (Å²) < 4.78 is 18.2. The molecule has 2 aromatic carbocycles. The number of aryl methyl sites for hydroxylation is 1. The van der Waals surface area contributed by atoms with Gasteiger partial charge in [0.2, 0.25) is 11.7 Å². The van der Waals surface area contributed by atoms with Gasteiger partial charge >= 0.3 is 0 Å². The van der Waals surface area contributed by atoms with Crippen LogP contribution < -0.4 is 11.1 Å². The summed E-state index contributed by atoms with van der Waals surface area (Å²) in [4.78, 5) is 8.66. The summed E-state index contributed by atoms with van der Waals surface area (Å²) >= 11 is 0. The average Bonchev–Trinajstić information content (AvgIpc) is 3.15. The summed E-state index contributed by atoms with van der Waals surface area (Å²) in [6, 6.07) is 14.1. The molecule has 0 saturated heterocycles. The zero-order valence-electron chi connectivity index (χ0n) is 16.0. The van der Waals surface area contributed by atoms with Gasteiger partial charge in [-0.15, -0.1) is 0 Å². The van der Waals surface area contributed by atoms with Crippen molar-refractivity contribution >= 4 is 11.6 Å². The van der Waals surface area contributed by atoms with Crippen molar-refractivity contribution in [3.8, 4) is 11.4 Å². The lowest BCUT2D eigenvalue weighted by molar-refractivity contribution is 0.376. The Hall–Kier alpha value is -3.22. The van der Waals surface area contributed by atoms with Crippen LogP contribution in [0.25, 0.3) is 11.4 Å². The first-order chi connectivity index (χ1) is 13.5. The third-order valence-corrected chi connectivity index (χ3v) is 4.23. The Kier molecular flexibility index (Phi) is 6.37. The summed E-state index contributed by atoms with van der Waals surface area (Å²) in [6.07, 6.45) is 1.31. The Morgan fingerprint density at radius 2 is 2.00 bits per heavy atom. The normalized spacial score (nSPS) is 11.8. The number of benzene rings is 2. The van der Waals surface area contributed by atoms with E-state index in [-0.39, 0.29) is 5.82 Å². The van der Waals surface area contributed by atoms with E-state index >= 15 is 0 Å². The molecule has 3 aromatic rings. The fraction of sp³-hybridized carbons (Fsp3) is 0.286. The van der Waals surface area contributed by atoms with Gasteiger partial charge in [-0.1, -0.05) is 31.1 Å². The van der Waals surface area contributed by atoms with Gasteiger partial charge in [0.05, 0.1) is 0 Å². The number of hydrogen-bond donors (Lipinski definition) is 2. The lowest BCUT2D eigenvalue weighted by Crippen LogP contribution is -2.23. The quantitative estimate of drug-likeness (QED) is 0.361. The van der Waals surface area contributed by atoms with E-state index < -0.39 is 0 Å². The number of halogens is 1. The second-order valence-electron chi connectivity index (χ2n) is 6.79. The van der Waals surface area contributed by atoms with E-state index in [1.165, 1.54) is 17.7 Å². The molecule has 0 amide bonds. The minimum absolute atomic E-state index is 0.299. The Bertz CT molecular complexity index is 934. The molecule has 0 aliphatic rings. The number of guanidine groups is 1. The van der Waals surface area contributed by atoms with Gasteiger partial charge in [-0.3, -0.25) is 4.99 Å². The molecule has 7 heteroatoms. The number of nitrogens with two attached hydrogens (primary N) is 1. The third-order valence-electron chi connectivity index (χ3n) is 4.23. The molecular formula is C21H24FN5O. The molecule has 0 saturated carbocycles. The van der Waals surface area contributed by atoms with Crippen LogP contribution in [0.5, 0.6) is 0 Å². The number of aliphatic imine (C=N–C) groups is 1. The first-order valence-corrected chi connectivity index (χ1v) is 9.26. The molecular weight excluding hydrogens is 357 g/mol. The maximum absolute atomic E-state index is 13.0. The smallest absolute Gasteiger partial charge is 0.227 e. The van der Waals surface area contributed by atoms with E-state index in [2.05, 4.69) is 46.4 Å². The lowest BCUT2D eigenvalue weighted by atomic mass is 10.0. The van der Waals surface area contributed by atoms with Crippen LogP contribution >= 0.6 is 0 Å². The fourth-order valence-corrected chi connectivity index (χ4v) is 2.67. The maximum Gasteiger partial charge on any atom is 0.227 e. The summed E-state index contributed by atoms with van der Waals surface area (Å²) in [5.41, 5.74) is 8.84. The Morgan fingerprint density at radius 1 is 1.21 bits per heavy atom. The van der Waals surface area contributed by atoms with Gasteiger partial charge in [0, 0.05) is 24.2 Å². The molecule has 0 atom stereocenters. The van der Waals surface area contributed by atoms with Crippen molar-refractivity contribution in [1.82, 2.24) is 10.1 Å². The highest BCUT2D eigenvalue weighted by atomic mass is 19.1. The van der Waals surface area contributed by atoms with Crippen molar-refractivity contribution < 1.29 is 8.91 Å². The van der Waals surface area contributed by atoms with E-state index in [1.54, 1.807) is 12.1 Å². The average molecular weight is 381 g/mol. The van der Waals surface area contributed by atoms with Crippen molar-refractivity contribution in [2.45, 2.75) is 32.6 Å². The van der Waals surface area contributed by atoms with Gasteiger partial charge in [-0.2, -0.15) is 4.98 Å². The molecule has 3 rings (SSSR count). The molecule has 0 aliphatic carbocycles. The van der Waals surface area contributed by atoms with Gasteiger partial charge in [-0.25, -0.2) is 4.39 Å². The molecule has 0 radical (unpaired) electrons. The van der Waals surface area contributed by atoms with Crippen molar-refractivity contribution in [1.29, 1.82) is 0 Å². The number of nitrogens with one attached hydrogen (secondary N) is 1. The molecule has 0 bridgehead atoms. The van der Waals surface area contributed by atoms with Crippen molar-refractivity contribution in [2.24, 2.45) is 10.7 Å². The van der Waals surface area contributed by atoms with Crippen molar-refractivity contribution in [3.63, 3.8) is 0 Å². The molecule has 1 aromatic heterocycles. The SMILES string of the molecule is CC(C)c1cccc(NC(N)=NCCCc2nc(-c3ccc(F)cc3)no2)c1. The Labute approximate surface area is 163 Å². The zero-order chi connectivity index (χ0) is 19.9. The van der Waals surface area contributed by atoms with Crippen LogP contribution in [0, 0.1) is 5.82 Å². The first-order valence-electron chi connectivity index (χ1n) is 9.26. The molecule has 28 heavy (non-hydrogen) atoms. The molecule has 146 valence electrons. The van der Waals surface area contributed by atoms with E-state index in [9.17, 15) is 4.39 Å². The molecule has 6 nitrogen and oxygen atoms in total. The number of hydrogen-bond acceptors (Lipinski definition) is 4. The van der Waals surface area contributed by atoms with Crippen molar-refractivity contribution in [2.75, 3.05) is 11.9 Å². The zero-order valence-corrected chi connectivity index (χ0v) is 16.0. The van der Waals surface area contributed by atoms with E-state index in [0.717, 1.165) is 12.1 Å². The third kappa shape index (κ3) is 5.39. The largest absolute Gasteiger partial charge is 0.370 e. The number of nitrogens with zero attached hydrogens (tertiary/aromatic N) is 3. The van der Waals surface area contributed by atoms with Crippen LogP contribution in [-0.4, -0.2) is 22.6 Å². The summed E-state index contributed by atoms with van der Waals surface area (Å²) in [6.45, 7) is 4.84. The number of anilines is 1. The monoisotopic (exact) mass is 381 g/mol. The highest BCUT2D eigenvalue weighted by Gasteiger charge is 2.08. The molecule has 0 aliphatic heterocycles. The Morgan fingerprint density at radius 3 is 2.75 bits per heavy atom. The van der Waals surface area contributed by atoms with Gasteiger partial charge in [0.25, 0.3) is 0 Å². The highest BCUT2D eigenvalue weighted by Crippen LogP contribution is 2.18. The van der Waals surface area contributed by atoms with Gasteiger partial charge in [0.1, 0.15) is 5.82 Å². The summed E-state index contributed by atoms with van der Waals surface area (Å²) in [5.74, 6) is 1.50. The Balaban J connectivity index is 1.48. The van der Waals surface area contributed by atoms with Gasteiger partial charge < -0.3 is 15.6 Å². The van der Waals surface area contributed by atoms with Crippen molar-refractivity contribution in [3.05, 3.63) is 65.8 Å². The molecule has 0 fully saturated rings. The van der Waals surface area contributed by atoms with Gasteiger partial charge in [-0.05, 0) is 54.3 Å². The van der Waals surface area contributed by atoms with Crippen LogP contribution in [0.1, 0.15) is 37.6 Å². The van der Waals surface area contributed by atoms with Crippen LogP contribution in [0.15, 0.2) is 58.0 Å². The molecule has 0 spiro atoms. The topological polar surface area (TPSA) is 89.3 Å². The fourth-order valence-electron chi connectivity index (χ4n) is 2.67. The van der Waals surface area contributed by atoms with Crippen LogP contribution in [0.4, 0.5) is 10.1 Å². The van der Waals surface area contributed by atoms with Crippen LogP contribution in [0.3, 0.4) is 0 Å². The minimum Gasteiger partial charge on any atom is -0.370 e.